The Morgan fingerprint density at radius 3 is 2.73 bits per heavy atom. The molecule has 0 atom stereocenters. The van der Waals surface area contributed by atoms with Crippen LogP contribution in [0.4, 0.5) is 0 Å². The molecule has 0 radical (unpaired) electrons. The second-order valence-corrected chi connectivity index (χ2v) is 3.32. The standard InChI is InChI=1S/C13H14N2/c1-2-15-11-10-14-13(15)9-8-12-6-4-3-5-7-12/h3-11H,2H2,1H3/b9-8-. The van der Waals surface area contributed by atoms with Crippen molar-refractivity contribution in [3.63, 3.8) is 0 Å². The van der Waals surface area contributed by atoms with Gasteiger partial charge in [0.1, 0.15) is 5.82 Å². The minimum atomic E-state index is 0.953. The first-order valence-corrected chi connectivity index (χ1v) is 5.14. The highest BCUT2D eigenvalue weighted by Gasteiger charge is 1.94. The molecule has 0 spiro atoms. The van der Waals surface area contributed by atoms with Crippen molar-refractivity contribution in [2.75, 3.05) is 0 Å². The molecule has 0 aliphatic carbocycles. The van der Waals surface area contributed by atoms with Gasteiger partial charge in [-0.1, -0.05) is 36.4 Å². The summed E-state index contributed by atoms with van der Waals surface area (Å²) < 4.78 is 2.11. The summed E-state index contributed by atoms with van der Waals surface area (Å²) in [5.41, 5.74) is 1.20. The fourth-order valence-electron chi connectivity index (χ4n) is 1.48. The average Bonchev–Trinajstić information content (AvgIpc) is 2.75. The zero-order valence-corrected chi connectivity index (χ0v) is 8.80. The van der Waals surface area contributed by atoms with E-state index in [-0.39, 0.29) is 0 Å². The van der Waals surface area contributed by atoms with Crippen LogP contribution in [0.1, 0.15) is 18.3 Å². The highest BCUT2D eigenvalue weighted by molar-refractivity contribution is 5.66. The smallest absolute Gasteiger partial charge is 0.132 e. The van der Waals surface area contributed by atoms with Crippen LogP contribution in [-0.2, 0) is 6.54 Å². The Morgan fingerprint density at radius 2 is 2.00 bits per heavy atom. The highest BCUT2D eigenvalue weighted by atomic mass is 15.0. The molecule has 15 heavy (non-hydrogen) atoms. The van der Waals surface area contributed by atoms with E-state index in [0.29, 0.717) is 0 Å². The Labute approximate surface area is 89.9 Å². The third-order valence-corrected chi connectivity index (χ3v) is 2.31. The number of benzene rings is 1. The topological polar surface area (TPSA) is 17.8 Å². The van der Waals surface area contributed by atoms with Crippen molar-refractivity contribution < 1.29 is 0 Å². The van der Waals surface area contributed by atoms with E-state index in [4.69, 9.17) is 0 Å². The predicted octanol–water partition coefficient (Wildman–Crippen LogP) is 3.07. The maximum atomic E-state index is 4.28. The molecule has 1 heterocycles. The van der Waals surface area contributed by atoms with Gasteiger partial charge < -0.3 is 4.57 Å². The molecule has 0 saturated carbocycles. The molecule has 2 nitrogen and oxygen atoms in total. The minimum absolute atomic E-state index is 0.953. The van der Waals surface area contributed by atoms with E-state index in [1.807, 2.05) is 36.7 Å². The average molecular weight is 198 g/mol. The molecule has 0 amide bonds. The van der Waals surface area contributed by atoms with Gasteiger partial charge >= 0.3 is 0 Å². The van der Waals surface area contributed by atoms with E-state index in [1.165, 1.54) is 5.56 Å². The van der Waals surface area contributed by atoms with E-state index in [0.717, 1.165) is 12.4 Å². The second-order valence-electron chi connectivity index (χ2n) is 3.32. The lowest BCUT2D eigenvalue weighted by molar-refractivity contribution is 0.753. The van der Waals surface area contributed by atoms with Crippen molar-refractivity contribution in [2.45, 2.75) is 13.5 Å². The molecule has 1 aromatic heterocycles. The second kappa shape index (κ2) is 4.60. The normalized spacial score (nSPS) is 11.0. The summed E-state index contributed by atoms with van der Waals surface area (Å²) in [5, 5.41) is 0. The summed E-state index contributed by atoms with van der Waals surface area (Å²) in [6.45, 7) is 3.07. The van der Waals surface area contributed by atoms with Crippen LogP contribution in [0.15, 0.2) is 42.7 Å². The first kappa shape index (κ1) is 9.71. The summed E-state index contributed by atoms with van der Waals surface area (Å²) in [5.74, 6) is 1.00. The minimum Gasteiger partial charge on any atom is -0.332 e. The Balaban J connectivity index is 2.19. The molecule has 2 heteroatoms. The summed E-state index contributed by atoms with van der Waals surface area (Å²) >= 11 is 0. The number of imidazole rings is 1. The van der Waals surface area contributed by atoms with Crippen LogP contribution in [0.2, 0.25) is 0 Å². The van der Waals surface area contributed by atoms with Gasteiger partial charge in [0.25, 0.3) is 0 Å². The highest BCUT2D eigenvalue weighted by Crippen LogP contribution is 2.06. The first-order valence-electron chi connectivity index (χ1n) is 5.14. The molecule has 2 aromatic rings. The fraction of sp³-hybridized carbons (Fsp3) is 0.154. The Hall–Kier alpha value is -1.83. The molecule has 0 aliphatic rings. The molecule has 0 aliphatic heterocycles. The number of hydrogen-bond acceptors (Lipinski definition) is 1. The summed E-state index contributed by atoms with van der Waals surface area (Å²) in [6, 6.07) is 10.2. The first-order chi connectivity index (χ1) is 7.40. The zero-order valence-electron chi connectivity index (χ0n) is 8.80. The summed E-state index contributed by atoms with van der Waals surface area (Å²) in [4.78, 5) is 4.28. The maximum absolute atomic E-state index is 4.28. The Morgan fingerprint density at radius 1 is 1.20 bits per heavy atom. The van der Waals surface area contributed by atoms with E-state index in [1.54, 1.807) is 0 Å². The predicted molar refractivity (Wildman–Crippen MR) is 63.3 cm³/mol. The van der Waals surface area contributed by atoms with Crippen molar-refractivity contribution in [1.82, 2.24) is 9.55 Å². The van der Waals surface area contributed by atoms with Gasteiger partial charge in [-0.3, -0.25) is 0 Å². The Bertz CT molecular complexity index is 441. The molecule has 2 rings (SSSR count). The van der Waals surface area contributed by atoms with Crippen molar-refractivity contribution in [2.24, 2.45) is 0 Å². The number of rotatable bonds is 3. The molecular weight excluding hydrogens is 184 g/mol. The lowest BCUT2D eigenvalue weighted by atomic mass is 10.2. The van der Waals surface area contributed by atoms with Crippen LogP contribution in [0.3, 0.4) is 0 Å². The number of aryl methyl sites for hydroxylation is 1. The molecule has 0 unspecified atom stereocenters. The fourth-order valence-corrected chi connectivity index (χ4v) is 1.48. The van der Waals surface area contributed by atoms with E-state index < -0.39 is 0 Å². The van der Waals surface area contributed by atoms with Crippen LogP contribution >= 0.6 is 0 Å². The maximum Gasteiger partial charge on any atom is 0.132 e. The SMILES string of the molecule is CCn1ccnc1/C=C\c1ccccc1. The van der Waals surface area contributed by atoms with Gasteiger partial charge in [0.15, 0.2) is 0 Å². The van der Waals surface area contributed by atoms with Crippen LogP contribution < -0.4 is 0 Å². The van der Waals surface area contributed by atoms with Gasteiger partial charge in [-0.2, -0.15) is 0 Å². The molecule has 0 saturated heterocycles. The number of aromatic nitrogens is 2. The van der Waals surface area contributed by atoms with E-state index in [9.17, 15) is 0 Å². The van der Waals surface area contributed by atoms with E-state index in [2.05, 4.69) is 34.7 Å². The lowest BCUT2D eigenvalue weighted by Gasteiger charge is -1.98. The molecule has 76 valence electrons. The molecule has 0 fully saturated rings. The van der Waals surface area contributed by atoms with Gasteiger partial charge in [-0.15, -0.1) is 0 Å². The van der Waals surface area contributed by atoms with Gasteiger partial charge in [0.2, 0.25) is 0 Å². The quantitative estimate of drug-likeness (QED) is 0.741. The molecule has 0 N–H and O–H groups in total. The number of nitrogens with zero attached hydrogens (tertiary/aromatic N) is 2. The van der Waals surface area contributed by atoms with E-state index >= 15 is 0 Å². The molecular formula is C13H14N2. The van der Waals surface area contributed by atoms with Crippen molar-refractivity contribution in [1.29, 1.82) is 0 Å². The number of hydrogen-bond donors (Lipinski definition) is 0. The van der Waals surface area contributed by atoms with Gasteiger partial charge in [-0.25, -0.2) is 4.98 Å². The largest absolute Gasteiger partial charge is 0.332 e. The lowest BCUT2D eigenvalue weighted by Crippen LogP contribution is -1.94. The van der Waals surface area contributed by atoms with Crippen molar-refractivity contribution >= 4 is 12.2 Å². The van der Waals surface area contributed by atoms with Crippen molar-refractivity contribution in [3.05, 3.63) is 54.1 Å². The van der Waals surface area contributed by atoms with Gasteiger partial charge in [0, 0.05) is 18.9 Å². The zero-order chi connectivity index (χ0) is 10.5. The third kappa shape index (κ3) is 2.34. The summed E-state index contributed by atoms with van der Waals surface area (Å²) in [7, 11) is 0. The molecule has 1 aromatic carbocycles. The van der Waals surface area contributed by atoms with Crippen LogP contribution in [0, 0.1) is 0 Å². The van der Waals surface area contributed by atoms with Gasteiger partial charge in [0.05, 0.1) is 0 Å². The monoisotopic (exact) mass is 198 g/mol. The van der Waals surface area contributed by atoms with Gasteiger partial charge in [-0.05, 0) is 18.6 Å². The van der Waals surface area contributed by atoms with Crippen LogP contribution in [-0.4, -0.2) is 9.55 Å². The van der Waals surface area contributed by atoms with Crippen LogP contribution in [0.25, 0.3) is 12.2 Å². The van der Waals surface area contributed by atoms with Crippen molar-refractivity contribution in [3.8, 4) is 0 Å². The summed E-state index contributed by atoms with van der Waals surface area (Å²) in [6.07, 6.45) is 7.94. The van der Waals surface area contributed by atoms with Crippen LogP contribution in [0.5, 0.6) is 0 Å². The Kier molecular flexibility index (Phi) is 2.98. The molecule has 0 bridgehead atoms. The third-order valence-electron chi connectivity index (χ3n) is 2.31.